The van der Waals surface area contributed by atoms with Gasteiger partial charge < -0.3 is 9.84 Å². The maximum absolute atomic E-state index is 10.9. The van der Waals surface area contributed by atoms with E-state index in [9.17, 15) is 14.7 Å². The maximum Gasteiger partial charge on any atom is 0.185 e. The molecule has 0 unspecified atom stereocenters. The molecule has 0 aliphatic carbocycles. The van der Waals surface area contributed by atoms with Gasteiger partial charge in [-0.3, -0.25) is 9.59 Å². The molecule has 0 bridgehead atoms. The predicted octanol–water partition coefficient (Wildman–Crippen LogP) is 2.23. The van der Waals surface area contributed by atoms with Gasteiger partial charge in [-0.15, -0.1) is 0 Å². The van der Waals surface area contributed by atoms with Crippen LogP contribution in [0.4, 0.5) is 0 Å². The molecule has 1 aromatic rings. The molecule has 1 aromatic carbocycles. The van der Waals surface area contributed by atoms with Crippen LogP contribution >= 0.6 is 11.8 Å². The highest BCUT2D eigenvalue weighted by Gasteiger charge is 2.07. The van der Waals surface area contributed by atoms with Crippen molar-refractivity contribution in [3.8, 4) is 23.3 Å². The van der Waals surface area contributed by atoms with Crippen molar-refractivity contribution in [2.24, 2.45) is 0 Å². The Morgan fingerprint density at radius 3 is 2.84 bits per heavy atom. The highest BCUT2D eigenvalue weighted by atomic mass is 32.2. The van der Waals surface area contributed by atoms with Gasteiger partial charge in [0.15, 0.2) is 22.9 Å². The predicted molar refractivity (Wildman–Crippen MR) is 74.7 cm³/mol. The zero-order valence-electron chi connectivity index (χ0n) is 10.7. The summed E-state index contributed by atoms with van der Waals surface area (Å²) >= 11 is 1.21. The summed E-state index contributed by atoms with van der Waals surface area (Å²) in [7, 11) is 1.41. The number of methoxy groups -OCH3 is 1. The third-order valence-corrected chi connectivity index (χ3v) is 3.05. The average Bonchev–Trinajstić information content (AvgIpc) is 2.38. The fraction of sp³-hybridized carbons (Fsp3) is 0.286. The number of aromatic hydroxyl groups is 1. The molecule has 0 aliphatic rings. The lowest BCUT2D eigenvalue weighted by atomic mass is 10.1. The summed E-state index contributed by atoms with van der Waals surface area (Å²) in [4.78, 5) is 21.6. The minimum absolute atomic E-state index is 0.0532. The quantitative estimate of drug-likeness (QED) is 0.520. The number of phenolic OH excluding ortho intramolecular Hbond substituents is 1. The summed E-state index contributed by atoms with van der Waals surface area (Å²) in [6.07, 6.45) is 1.20. The second kappa shape index (κ2) is 7.49. The third-order valence-electron chi connectivity index (χ3n) is 2.23. The smallest absolute Gasteiger partial charge is 0.185 e. The number of aldehydes is 1. The summed E-state index contributed by atoms with van der Waals surface area (Å²) in [6.45, 7) is 1.50. The van der Waals surface area contributed by atoms with Crippen LogP contribution in [-0.4, -0.2) is 29.4 Å². The number of hydrogen-bond donors (Lipinski definition) is 1. The number of ether oxygens (including phenoxy) is 1. The Kier molecular flexibility index (Phi) is 5.97. The van der Waals surface area contributed by atoms with E-state index in [-0.39, 0.29) is 16.6 Å². The van der Waals surface area contributed by atoms with Crippen LogP contribution in [0.1, 0.15) is 29.3 Å². The SMILES string of the molecule is COc1cc(C=O)c(C#CCCSC(C)=O)cc1O. The van der Waals surface area contributed by atoms with Gasteiger partial charge in [0.1, 0.15) is 0 Å². The molecule has 0 amide bonds. The lowest BCUT2D eigenvalue weighted by Crippen LogP contribution is -1.91. The maximum atomic E-state index is 10.9. The second-order valence-corrected chi connectivity index (χ2v) is 4.89. The number of phenols is 1. The van der Waals surface area contributed by atoms with Gasteiger partial charge in [-0.25, -0.2) is 0 Å². The van der Waals surface area contributed by atoms with Gasteiger partial charge in [0.25, 0.3) is 0 Å². The van der Waals surface area contributed by atoms with E-state index in [4.69, 9.17) is 4.74 Å². The highest BCUT2D eigenvalue weighted by Crippen LogP contribution is 2.28. The topological polar surface area (TPSA) is 63.6 Å². The Morgan fingerprint density at radius 2 is 2.26 bits per heavy atom. The zero-order chi connectivity index (χ0) is 14.3. The van der Waals surface area contributed by atoms with Crippen molar-refractivity contribution in [1.29, 1.82) is 0 Å². The monoisotopic (exact) mass is 278 g/mol. The van der Waals surface area contributed by atoms with Gasteiger partial charge in [-0.05, 0) is 6.07 Å². The Labute approximate surface area is 116 Å². The number of benzene rings is 1. The summed E-state index contributed by atoms with van der Waals surface area (Å²) in [5, 5.41) is 9.68. The molecular weight excluding hydrogens is 264 g/mol. The van der Waals surface area contributed by atoms with Crippen LogP contribution in [-0.2, 0) is 4.79 Å². The van der Waals surface area contributed by atoms with E-state index < -0.39 is 0 Å². The third kappa shape index (κ3) is 4.68. The van der Waals surface area contributed by atoms with Crippen LogP contribution in [0.2, 0.25) is 0 Å². The molecule has 100 valence electrons. The molecule has 0 aliphatic heterocycles. The summed E-state index contributed by atoms with van der Waals surface area (Å²) in [6, 6.07) is 2.84. The van der Waals surface area contributed by atoms with E-state index >= 15 is 0 Å². The van der Waals surface area contributed by atoms with Crippen molar-refractivity contribution in [1.82, 2.24) is 0 Å². The Hall–Kier alpha value is -1.93. The first kappa shape index (κ1) is 15.1. The molecule has 0 atom stereocenters. The standard InChI is InChI=1S/C14H14O4S/c1-10(16)19-6-4-3-5-11-7-13(17)14(18-2)8-12(11)9-15/h7-9,17H,4,6H2,1-2H3. The van der Waals surface area contributed by atoms with Crippen molar-refractivity contribution < 1.29 is 19.4 Å². The van der Waals surface area contributed by atoms with Crippen molar-refractivity contribution >= 4 is 23.2 Å². The van der Waals surface area contributed by atoms with E-state index in [1.165, 1.54) is 37.9 Å². The molecule has 1 N–H and O–H groups in total. The van der Waals surface area contributed by atoms with Gasteiger partial charge >= 0.3 is 0 Å². The molecule has 5 heteroatoms. The van der Waals surface area contributed by atoms with Gasteiger partial charge in [0, 0.05) is 36.3 Å². The van der Waals surface area contributed by atoms with Crippen molar-refractivity contribution in [3.05, 3.63) is 23.3 Å². The molecule has 0 radical (unpaired) electrons. The van der Waals surface area contributed by atoms with Crippen LogP contribution in [0.25, 0.3) is 0 Å². The first-order valence-corrected chi connectivity index (χ1v) is 6.55. The van der Waals surface area contributed by atoms with E-state index in [0.29, 0.717) is 29.6 Å². The van der Waals surface area contributed by atoms with Crippen LogP contribution in [0, 0.1) is 11.8 Å². The van der Waals surface area contributed by atoms with Crippen molar-refractivity contribution in [2.45, 2.75) is 13.3 Å². The van der Waals surface area contributed by atoms with E-state index in [1.54, 1.807) is 0 Å². The van der Waals surface area contributed by atoms with E-state index in [0.717, 1.165) is 0 Å². The molecule has 19 heavy (non-hydrogen) atoms. The van der Waals surface area contributed by atoms with Gasteiger partial charge in [0.05, 0.1) is 7.11 Å². The minimum atomic E-state index is -0.0597. The number of thioether (sulfide) groups is 1. The summed E-state index contributed by atoms with van der Waals surface area (Å²) in [5.74, 6) is 6.46. The van der Waals surface area contributed by atoms with Gasteiger partial charge in [-0.1, -0.05) is 23.6 Å². The van der Waals surface area contributed by atoms with Crippen molar-refractivity contribution in [2.75, 3.05) is 12.9 Å². The number of carbonyl (C=O) groups is 2. The lowest BCUT2D eigenvalue weighted by molar-refractivity contribution is -0.109. The lowest BCUT2D eigenvalue weighted by Gasteiger charge is -2.05. The Balaban J connectivity index is 2.83. The largest absolute Gasteiger partial charge is 0.504 e. The van der Waals surface area contributed by atoms with E-state index in [1.807, 2.05) is 0 Å². The van der Waals surface area contributed by atoms with Crippen LogP contribution in [0.5, 0.6) is 11.5 Å². The Morgan fingerprint density at radius 1 is 1.53 bits per heavy atom. The van der Waals surface area contributed by atoms with E-state index in [2.05, 4.69) is 11.8 Å². The average molecular weight is 278 g/mol. The summed E-state index contributed by atoms with van der Waals surface area (Å²) < 4.78 is 4.91. The zero-order valence-corrected chi connectivity index (χ0v) is 11.5. The molecule has 0 fully saturated rings. The molecule has 0 heterocycles. The fourth-order valence-electron chi connectivity index (χ4n) is 1.36. The fourth-order valence-corrected chi connectivity index (χ4v) is 1.85. The van der Waals surface area contributed by atoms with Crippen LogP contribution < -0.4 is 4.74 Å². The first-order valence-electron chi connectivity index (χ1n) is 5.57. The molecule has 0 spiro atoms. The van der Waals surface area contributed by atoms with Crippen molar-refractivity contribution in [3.63, 3.8) is 0 Å². The molecule has 0 saturated heterocycles. The normalized spacial score (nSPS) is 9.37. The molecule has 0 saturated carbocycles. The van der Waals surface area contributed by atoms with Crippen LogP contribution in [0.3, 0.4) is 0 Å². The van der Waals surface area contributed by atoms with Gasteiger partial charge in [0.2, 0.25) is 0 Å². The second-order valence-electron chi connectivity index (χ2n) is 3.62. The summed E-state index contributed by atoms with van der Waals surface area (Å²) in [5.41, 5.74) is 0.808. The highest BCUT2D eigenvalue weighted by molar-refractivity contribution is 8.13. The molecule has 1 rings (SSSR count). The first-order chi connectivity index (χ1) is 9.08. The number of hydrogen-bond acceptors (Lipinski definition) is 5. The van der Waals surface area contributed by atoms with Crippen LogP contribution in [0.15, 0.2) is 12.1 Å². The number of carbonyl (C=O) groups excluding carboxylic acids is 2. The number of rotatable bonds is 4. The molecule has 4 nitrogen and oxygen atoms in total. The molecular formula is C14H14O4S. The van der Waals surface area contributed by atoms with Gasteiger partial charge in [-0.2, -0.15) is 0 Å². The molecule has 0 aromatic heterocycles. The minimum Gasteiger partial charge on any atom is -0.504 e. The Bertz CT molecular complexity index is 540.